The molecule has 25 heavy (non-hydrogen) atoms. The van der Waals surface area contributed by atoms with E-state index >= 15 is 0 Å². The number of anilines is 1. The first kappa shape index (κ1) is 15.3. The number of aryl methyl sites for hydroxylation is 1. The van der Waals surface area contributed by atoms with E-state index in [1.165, 1.54) is 4.90 Å². The number of carbonyl (C=O) groups is 2. The van der Waals surface area contributed by atoms with Gasteiger partial charge in [-0.3, -0.25) is 14.4 Å². The van der Waals surface area contributed by atoms with Crippen molar-refractivity contribution >= 4 is 17.8 Å². The van der Waals surface area contributed by atoms with E-state index in [0.29, 0.717) is 29.4 Å². The predicted molar refractivity (Wildman–Crippen MR) is 85.7 cm³/mol. The largest absolute Gasteiger partial charge is 0.454 e. The van der Waals surface area contributed by atoms with Gasteiger partial charge in [0.05, 0.1) is 19.3 Å². The van der Waals surface area contributed by atoms with Gasteiger partial charge in [-0.2, -0.15) is 5.10 Å². The first-order chi connectivity index (χ1) is 12.1. The third-order valence-corrected chi connectivity index (χ3v) is 4.07. The van der Waals surface area contributed by atoms with E-state index in [2.05, 4.69) is 10.4 Å². The van der Waals surface area contributed by atoms with E-state index in [0.717, 1.165) is 0 Å². The standard InChI is InChI=1S/C16H16N4O5/c1-19-14(4-5-18-19)20-8-11(25-16(20)22)7-17-15(21)10-2-3-12-13(6-10)24-9-23-12/h2-6,11H,7-9H2,1H3,(H,17,21). The van der Waals surface area contributed by atoms with Crippen molar-refractivity contribution in [2.24, 2.45) is 7.05 Å². The first-order valence-electron chi connectivity index (χ1n) is 7.76. The normalized spacial score (nSPS) is 18.4. The maximum Gasteiger partial charge on any atom is 0.416 e. The number of carbonyl (C=O) groups excluding carboxylic acids is 2. The van der Waals surface area contributed by atoms with Gasteiger partial charge in [0.2, 0.25) is 6.79 Å². The molecule has 0 spiro atoms. The summed E-state index contributed by atoms with van der Waals surface area (Å²) in [5.41, 5.74) is 0.456. The lowest BCUT2D eigenvalue weighted by molar-refractivity contribution is 0.0915. The number of nitrogens with one attached hydrogen (secondary N) is 1. The SMILES string of the molecule is Cn1nccc1N1CC(CNC(=O)c2ccc3c(c2)OCO3)OC1=O. The molecule has 130 valence electrons. The lowest BCUT2D eigenvalue weighted by Gasteiger charge is -2.12. The molecule has 0 bridgehead atoms. The first-order valence-corrected chi connectivity index (χ1v) is 7.76. The van der Waals surface area contributed by atoms with Crippen molar-refractivity contribution in [3.05, 3.63) is 36.0 Å². The van der Waals surface area contributed by atoms with E-state index in [9.17, 15) is 9.59 Å². The predicted octanol–water partition coefficient (Wildman–Crippen LogP) is 0.904. The summed E-state index contributed by atoms with van der Waals surface area (Å²) < 4.78 is 17.4. The molecular weight excluding hydrogens is 328 g/mol. The van der Waals surface area contributed by atoms with Crippen molar-refractivity contribution in [3.8, 4) is 11.5 Å². The highest BCUT2D eigenvalue weighted by Crippen LogP contribution is 2.32. The van der Waals surface area contributed by atoms with Crippen LogP contribution in [0.1, 0.15) is 10.4 Å². The molecule has 1 unspecified atom stereocenters. The van der Waals surface area contributed by atoms with Gasteiger partial charge >= 0.3 is 6.09 Å². The Balaban J connectivity index is 1.36. The number of rotatable bonds is 4. The van der Waals surface area contributed by atoms with Crippen LogP contribution in [0, 0.1) is 0 Å². The van der Waals surface area contributed by atoms with Crippen molar-refractivity contribution in [3.63, 3.8) is 0 Å². The van der Waals surface area contributed by atoms with Crippen LogP contribution in [-0.4, -0.2) is 47.8 Å². The number of aromatic nitrogens is 2. The molecule has 2 aliphatic rings. The van der Waals surface area contributed by atoms with Crippen molar-refractivity contribution in [2.75, 3.05) is 24.8 Å². The molecule has 2 aliphatic heterocycles. The van der Waals surface area contributed by atoms with Crippen molar-refractivity contribution in [2.45, 2.75) is 6.10 Å². The molecule has 0 saturated carbocycles. The van der Waals surface area contributed by atoms with E-state index in [4.69, 9.17) is 14.2 Å². The zero-order valence-corrected chi connectivity index (χ0v) is 13.5. The third kappa shape index (κ3) is 2.84. The number of amides is 2. The Bertz CT molecular complexity index is 834. The molecule has 9 nitrogen and oxygen atoms in total. The highest BCUT2D eigenvalue weighted by molar-refractivity contribution is 5.95. The maximum atomic E-state index is 12.3. The third-order valence-electron chi connectivity index (χ3n) is 4.07. The van der Waals surface area contributed by atoms with Gasteiger partial charge in [-0.1, -0.05) is 0 Å². The van der Waals surface area contributed by atoms with Gasteiger partial charge in [0.25, 0.3) is 5.91 Å². The maximum absolute atomic E-state index is 12.3. The molecule has 1 N–H and O–H groups in total. The van der Waals surface area contributed by atoms with E-state index < -0.39 is 12.2 Å². The van der Waals surface area contributed by atoms with Gasteiger partial charge in [0.15, 0.2) is 11.5 Å². The summed E-state index contributed by atoms with van der Waals surface area (Å²) in [6.07, 6.45) is 0.725. The molecule has 9 heteroatoms. The van der Waals surface area contributed by atoms with Crippen molar-refractivity contribution in [1.82, 2.24) is 15.1 Å². The quantitative estimate of drug-likeness (QED) is 0.886. The molecule has 3 heterocycles. The fourth-order valence-electron chi connectivity index (χ4n) is 2.79. The molecule has 0 radical (unpaired) electrons. The van der Waals surface area contributed by atoms with Crippen molar-refractivity contribution < 1.29 is 23.8 Å². The summed E-state index contributed by atoms with van der Waals surface area (Å²) in [5.74, 6) is 1.54. The van der Waals surface area contributed by atoms with Gasteiger partial charge in [0.1, 0.15) is 11.9 Å². The Morgan fingerprint density at radius 2 is 2.16 bits per heavy atom. The Hall–Kier alpha value is -3.23. The van der Waals surface area contributed by atoms with Gasteiger partial charge in [-0.15, -0.1) is 0 Å². The van der Waals surface area contributed by atoms with Crippen LogP contribution < -0.4 is 19.7 Å². The van der Waals surface area contributed by atoms with Gasteiger partial charge < -0.3 is 19.5 Å². The highest BCUT2D eigenvalue weighted by atomic mass is 16.7. The van der Waals surface area contributed by atoms with Crippen molar-refractivity contribution in [1.29, 1.82) is 0 Å². The summed E-state index contributed by atoms with van der Waals surface area (Å²) >= 11 is 0. The molecular formula is C16H16N4O5. The molecule has 0 aliphatic carbocycles. The number of benzene rings is 1. The zero-order chi connectivity index (χ0) is 17.4. The minimum atomic E-state index is -0.453. The molecule has 4 rings (SSSR count). The molecule has 2 aromatic rings. The van der Waals surface area contributed by atoms with Gasteiger partial charge in [-0.05, 0) is 18.2 Å². The number of cyclic esters (lactones) is 1. The second-order valence-electron chi connectivity index (χ2n) is 5.71. The number of hydrogen-bond donors (Lipinski definition) is 1. The van der Waals surface area contributed by atoms with Crippen LogP contribution in [0.25, 0.3) is 0 Å². The average molecular weight is 344 g/mol. The number of hydrogen-bond acceptors (Lipinski definition) is 6. The molecule has 1 aromatic heterocycles. The van der Waals surface area contributed by atoms with E-state index in [-0.39, 0.29) is 19.2 Å². The molecule has 1 saturated heterocycles. The smallest absolute Gasteiger partial charge is 0.416 e. The molecule has 1 aromatic carbocycles. The van der Waals surface area contributed by atoms with E-state index in [1.807, 2.05) is 0 Å². The van der Waals surface area contributed by atoms with Crippen LogP contribution in [0.4, 0.5) is 10.6 Å². The zero-order valence-electron chi connectivity index (χ0n) is 13.5. The van der Waals surface area contributed by atoms with Gasteiger partial charge in [0, 0.05) is 18.7 Å². The van der Waals surface area contributed by atoms with Gasteiger partial charge in [-0.25, -0.2) is 4.79 Å². The lowest BCUT2D eigenvalue weighted by Crippen LogP contribution is -2.34. The topological polar surface area (TPSA) is 94.9 Å². The minimum Gasteiger partial charge on any atom is -0.454 e. The van der Waals surface area contributed by atoms with E-state index in [1.54, 1.807) is 42.2 Å². The molecule has 2 amide bonds. The Labute approximate surface area is 143 Å². The molecule has 1 fully saturated rings. The number of nitrogens with zero attached hydrogens (tertiary/aromatic N) is 3. The summed E-state index contributed by atoms with van der Waals surface area (Å²) in [6.45, 7) is 0.718. The Kier molecular flexibility index (Phi) is 3.68. The molecule has 1 atom stereocenters. The summed E-state index contributed by atoms with van der Waals surface area (Å²) in [5, 5.41) is 6.81. The van der Waals surface area contributed by atoms with Crippen LogP contribution in [0.5, 0.6) is 11.5 Å². The second kappa shape index (κ2) is 6.00. The Morgan fingerprint density at radius 3 is 2.96 bits per heavy atom. The monoisotopic (exact) mass is 344 g/mol. The van der Waals surface area contributed by atoms with Crippen LogP contribution >= 0.6 is 0 Å². The number of fused-ring (bicyclic) bond motifs is 1. The summed E-state index contributed by atoms with van der Waals surface area (Å²) in [7, 11) is 1.75. The fraction of sp³-hybridized carbons (Fsp3) is 0.312. The Morgan fingerprint density at radius 1 is 1.32 bits per heavy atom. The van der Waals surface area contributed by atoms with Crippen LogP contribution in [0.2, 0.25) is 0 Å². The highest BCUT2D eigenvalue weighted by Gasteiger charge is 2.34. The average Bonchev–Trinajstić information content (AvgIpc) is 3.31. The minimum absolute atomic E-state index is 0.155. The summed E-state index contributed by atoms with van der Waals surface area (Å²) in [6, 6.07) is 6.71. The fourth-order valence-corrected chi connectivity index (χ4v) is 2.79. The van der Waals surface area contributed by atoms with Crippen LogP contribution in [0.15, 0.2) is 30.5 Å². The van der Waals surface area contributed by atoms with Crippen LogP contribution in [0.3, 0.4) is 0 Å². The summed E-state index contributed by atoms with van der Waals surface area (Å²) in [4.78, 5) is 25.8. The number of ether oxygens (including phenoxy) is 3. The second-order valence-corrected chi connectivity index (χ2v) is 5.71. The van der Waals surface area contributed by atoms with Crippen LogP contribution in [-0.2, 0) is 11.8 Å². The lowest BCUT2D eigenvalue weighted by atomic mass is 10.2.